The van der Waals surface area contributed by atoms with E-state index in [4.69, 9.17) is 9.84 Å². The number of aryl methyl sites for hydroxylation is 1. The van der Waals surface area contributed by atoms with Crippen LogP contribution in [0.3, 0.4) is 0 Å². The van der Waals surface area contributed by atoms with Gasteiger partial charge >= 0.3 is 11.9 Å². The lowest BCUT2D eigenvalue weighted by molar-refractivity contribution is -0.153. The Bertz CT molecular complexity index is 1420. The Balaban J connectivity index is 1.29. The van der Waals surface area contributed by atoms with Crippen LogP contribution in [0.2, 0.25) is 0 Å². The predicted molar refractivity (Wildman–Crippen MR) is 142 cm³/mol. The molecule has 3 aliphatic heterocycles. The molecule has 1 aromatic heterocycles. The molecule has 2 saturated heterocycles. The van der Waals surface area contributed by atoms with E-state index in [1.165, 1.54) is 33.1 Å². The molecule has 1 aromatic carbocycles. The maximum Gasteiger partial charge on any atom is 0.352 e. The Hall–Kier alpha value is -3.96. The van der Waals surface area contributed by atoms with Gasteiger partial charge in [-0.15, -0.1) is 16.9 Å². The van der Waals surface area contributed by atoms with E-state index in [-0.39, 0.29) is 24.3 Å². The molecule has 17 heteroatoms. The highest BCUT2D eigenvalue weighted by Gasteiger charge is 2.54. The van der Waals surface area contributed by atoms with Gasteiger partial charge < -0.3 is 25.6 Å². The number of benzene rings is 1. The summed E-state index contributed by atoms with van der Waals surface area (Å²) in [7, 11) is 1.66. The minimum absolute atomic E-state index is 0.133. The fourth-order valence-electron chi connectivity index (χ4n) is 4.72. The number of carbonyl (C=O) groups excluding carboxylic acids is 3. The van der Waals surface area contributed by atoms with E-state index in [9.17, 15) is 29.1 Å². The molecule has 5 rings (SSSR count). The number of nitrogens with zero attached hydrogens (tertiary/aromatic N) is 5. The van der Waals surface area contributed by atoms with Crippen molar-refractivity contribution >= 4 is 53.2 Å². The molecular formula is C24H25N7O8S2. The Morgan fingerprint density at radius 1 is 1.17 bits per heavy atom. The number of tetrazole rings is 1. The molecule has 0 saturated carbocycles. The molecule has 0 aliphatic carbocycles. The number of hydrogen-bond donors (Lipinski definition) is 4. The van der Waals surface area contributed by atoms with Crippen molar-refractivity contribution in [3.63, 3.8) is 0 Å². The van der Waals surface area contributed by atoms with Crippen molar-refractivity contribution < 1.29 is 38.9 Å². The summed E-state index contributed by atoms with van der Waals surface area (Å²) in [6.07, 6.45) is -1.80. The van der Waals surface area contributed by atoms with Crippen LogP contribution in [-0.4, -0.2) is 100 Å². The maximum atomic E-state index is 13.4. The van der Waals surface area contributed by atoms with Gasteiger partial charge in [-0.2, -0.15) is 0 Å². The number of carbonyl (C=O) groups is 5. The third-order valence-electron chi connectivity index (χ3n) is 6.77. The first-order chi connectivity index (χ1) is 19.7. The van der Waals surface area contributed by atoms with Gasteiger partial charge in [-0.3, -0.25) is 19.3 Å². The van der Waals surface area contributed by atoms with Crippen LogP contribution in [0.5, 0.6) is 0 Å². The molecule has 4 heterocycles. The predicted octanol–water partition coefficient (Wildman–Crippen LogP) is -0.469. The molecule has 15 nitrogen and oxygen atoms in total. The number of hydrogen-bond acceptors (Lipinski definition) is 11. The third kappa shape index (κ3) is 5.77. The summed E-state index contributed by atoms with van der Waals surface area (Å²) in [6, 6.07) is 6.15. The molecule has 0 bridgehead atoms. The number of ether oxygens (including phenoxy) is 1. The first-order valence-electron chi connectivity index (χ1n) is 12.4. The summed E-state index contributed by atoms with van der Waals surface area (Å²) in [6.45, 7) is 0. The SMILES string of the molecule is Cn1nnnc1SCC1=C(C(=O)O)N2C(=O)[C@@H](NC(=O)C(NC(=O)C3CCC(C(=O)O)O3)c3ccccc3)[C@H]2SC1. The molecule has 0 spiro atoms. The molecule has 0 radical (unpaired) electrons. The molecule has 5 atom stereocenters. The Morgan fingerprint density at radius 3 is 2.54 bits per heavy atom. The normalized spacial score (nSPS) is 24.3. The van der Waals surface area contributed by atoms with Crippen LogP contribution in [0, 0.1) is 0 Å². The van der Waals surface area contributed by atoms with E-state index < -0.39 is 59.3 Å². The Labute approximate surface area is 241 Å². The van der Waals surface area contributed by atoms with Gasteiger partial charge in [-0.05, 0) is 34.4 Å². The second-order valence-corrected chi connectivity index (χ2v) is 11.5. The largest absolute Gasteiger partial charge is 0.479 e. The standard InChI is InChI=1S/C24H25N7O8S2/c1-30-24(27-28-29-30)41-10-12-9-40-21-16(20(34)31(21)17(12)23(37)38)26-19(33)15(11-5-3-2-4-6-11)25-18(32)13-7-8-14(39-13)22(35)36/h2-6,13-16,21H,7-10H2,1H3,(H,25,32)(H,26,33)(H,35,36)(H,37,38)/t13?,14?,15?,16-,21-/m1/s1. The molecule has 3 amide bonds. The number of β-lactam (4-membered cyclic amide) rings is 1. The van der Waals surface area contributed by atoms with E-state index in [1.54, 1.807) is 37.4 Å². The number of rotatable bonds is 10. The van der Waals surface area contributed by atoms with E-state index in [0.29, 0.717) is 22.0 Å². The van der Waals surface area contributed by atoms with Gasteiger partial charge in [0.1, 0.15) is 29.3 Å². The first-order valence-corrected chi connectivity index (χ1v) is 14.5. The number of carboxylic acids is 2. The van der Waals surface area contributed by atoms with Gasteiger partial charge in [-0.1, -0.05) is 42.1 Å². The molecule has 2 aromatic rings. The highest BCUT2D eigenvalue weighted by Crippen LogP contribution is 2.41. The maximum absolute atomic E-state index is 13.4. The van der Waals surface area contributed by atoms with Crippen LogP contribution in [-0.2, 0) is 35.8 Å². The molecule has 2 fully saturated rings. The van der Waals surface area contributed by atoms with Gasteiger partial charge in [-0.25, -0.2) is 14.3 Å². The van der Waals surface area contributed by atoms with Crippen molar-refractivity contribution in [2.75, 3.05) is 11.5 Å². The number of carboxylic acid groups (broad SMARTS) is 2. The lowest BCUT2D eigenvalue weighted by Gasteiger charge is -2.49. The van der Waals surface area contributed by atoms with Crippen molar-refractivity contribution in [3.8, 4) is 0 Å². The molecule has 3 unspecified atom stereocenters. The molecule has 41 heavy (non-hydrogen) atoms. The van der Waals surface area contributed by atoms with Crippen molar-refractivity contribution in [1.82, 2.24) is 35.7 Å². The second-order valence-electron chi connectivity index (χ2n) is 9.41. The average Bonchev–Trinajstić information content (AvgIpc) is 3.62. The van der Waals surface area contributed by atoms with Gasteiger partial charge in [0, 0.05) is 18.6 Å². The van der Waals surface area contributed by atoms with Gasteiger partial charge in [0.25, 0.3) is 5.91 Å². The topological polar surface area (TPSA) is 206 Å². The summed E-state index contributed by atoms with van der Waals surface area (Å²) < 4.78 is 6.77. The number of amides is 3. The Kier molecular flexibility index (Phi) is 8.27. The first kappa shape index (κ1) is 28.6. The monoisotopic (exact) mass is 603 g/mol. The summed E-state index contributed by atoms with van der Waals surface area (Å²) in [4.78, 5) is 64.1. The average molecular weight is 604 g/mol. The highest BCUT2D eigenvalue weighted by atomic mass is 32.2. The number of nitrogens with one attached hydrogen (secondary N) is 2. The van der Waals surface area contributed by atoms with E-state index >= 15 is 0 Å². The lowest BCUT2D eigenvalue weighted by atomic mass is 10.0. The van der Waals surface area contributed by atoms with Crippen LogP contribution < -0.4 is 10.6 Å². The summed E-state index contributed by atoms with van der Waals surface area (Å²) >= 11 is 2.56. The molecular weight excluding hydrogens is 578 g/mol. The van der Waals surface area contributed by atoms with Crippen molar-refractivity contribution in [1.29, 1.82) is 0 Å². The fraction of sp³-hybridized carbons (Fsp3) is 0.417. The van der Waals surface area contributed by atoms with Crippen LogP contribution in [0.25, 0.3) is 0 Å². The van der Waals surface area contributed by atoms with Crippen LogP contribution >= 0.6 is 23.5 Å². The zero-order valence-electron chi connectivity index (χ0n) is 21.5. The van der Waals surface area contributed by atoms with Gasteiger partial charge in [0.05, 0.1) is 0 Å². The summed E-state index contributed by atoms with van der Waals surface area (Å²) in [5.74, 6) is -3.77. The summed E-state index contributed by atoms with van der Waals surface area (Å²) in [5.41, 5.74) is 0.830. The van der Waals surface area contributed by atoms with Crippen molar-refractivity contribution in [2.24, 2.45) is 7.05 Å². The third-order valence-corrected chi connectivity index (χ3v) is 9.21. The van der Waals surface area contributed by atoms with E-state index in [2.05, 4.69) is 26.2 Å². The highest BCUT2D eigenvalue weighted by molar-refractivity contribution is 8.01. The van der Waals surface area contributed by atoms with Crippen LogP contribution in [0.4, 0.5) is 0 Å². The number of aliphatic carboxylic acids is 2. The van der Waals surface area contributed by atoms with Crippen LogP contribution in [0.1, 0.15) is 24.4 Å². The number of fused-ring (bicyclic) bond motifs is 1. The van der Waals surface area contributed by atoms with E-state index in [0.717, 1.165) is 0 Å². The lowest BCUT2D eigenvalue weighted by Crippen LogP contribution is -2.71. The number of thioether (sulfide) groups is 2. The van der Waals surface area contributed by atoms with Crippen molar-refractivity contribution in [3.05, 3.63) is 47.2 Å². The van der Waals surface area contributed by atoms with Crippen LogP contribution in [0.15, 0.2) is 46.8 Å². The van der Waals surface area contributed by atoms with E-state index in [1.807, 2.05) is 0 Å². The molecule has 4 N–H and O–H groups in total. The number of aromatic nitrogens is 4. The molecule has 216 valence electrons. The zero-order valence-corrected chi connectivity index (χ0v) is 23.1. The smallest absolute Gasteiger partial charge is 0.352 e. The quantitative estimate of drug-likeness (QED) is 0.200. The van der Waals surface area contributed by atoms with Gasteiger partial charge in [0.15, 0.2) is 6.10 Å². The van der Waals surface area contributed by atoms with Crippen molar-refractivity contribution in [2.45, 2.75) is 47.7 Å². The Morgan fingerprint density at radius 2 is 1.90 bits per heavy atom. The second kappa shape index (κ2) is 11.9. The minimum Gasteiger partial charge on any atom is -0.479 e. The summed E-state index contributed by atoms with van der Waals surface area (Å²) in [5, 5.41) is 35.4. The molecule has 3 aliphatic rings. The van der Waals surface area contributed by atoms with Gasteiger partial charge in [0.2, 0.25) is 17.0 Å². The fourth-order valence-corrected chi connectivity index (χ4v) is 7.05. The minimum atomic E-state index is -1.26. The zero-order chi connectivity index (χ0) is 29.3.